The minimum Gasteiger partial charge on any atom is -0.312 e. The topological polar surface area (TPSA) is 49.4 Å². The zero-order valence-corrected chi connectivity index (χ0v) is 13.4. The van der Waals surface area contributed by atoms with E-state index >= 15 is 0 Å². The minimum atomic E-state index is -3.29. The van der Waals surface area contributed by atoms with Gasteiger partial charge in [-0.05, 0) is 44.9 Å². The predicted molar refractivity (Wildman–Crippen MR) is 79.0 cm³/mol. The van der Waals surface area contributed by atoms with Crippen LogP contribution in [-0.4, -0.2) is 31.9 Å². The maximum Gasteiger partial charge on any atom is 0.252 e. The van der Waals surface area contributed by atoms with Crippen LogP contribution in [0.5, 0.6) is 0 Å². The molecule has 1 aromatic rings. The van der Waals surface area contributed by atoms with Crippen molar-refractivity contribution in [3.63, 3.8) is 0 Å². The van der Waals surface area contributed by atoms with Gasteiger partial charge in [-0.3, -0.25) is 0 Å². The first-order valence-electron chi connectivity index (χ1n) is 6.78. The third kappa shape index (κ3) is 3.02. The highest BCUT2D eigenvalue weighted by Crippen LogP contribution is 2.32. The summed E-state index contributed by atoms with van der Waals surface area (Å²) in [6, 6.07) is 1.95. The maximum absolute atomic E-state index is 12.6. The Morgan fingerprint density at radius 3 is 2.84 bits per heavy atom. The molecule has 2 rings (SSSR count). The molecule has 1 fully saturated rings. The Kier molecular flexibility index (Phi) is 4.66. The van der Waals surface area contributed by atoms with E-state index in [9.17, 15) is 8.42 Å². The van der Waals surface area contributed by atoms with Crippen LogP contribution >= 0.6 is 11.3 Å². The zero-order chi connectivity index (χ0) is 14.0. The highest BCUT2D eigenvalue weighted by Gasteiger charge is 2.33. The molecule has 2 heterocycles. The van der Waals surface area contributed by atoms with Crippen molar-refractivity contribution in [3.05, 3.63) is 16.5 Å². The van der Waals surface area contributed by atoms with E-state index in [2.05, 4.69) is 5.32 Å². The molecule has 1 N–H and O–H groups in total. The molecule has 4 nitrogen and oxygen atoms in total. The Bertz CT molecular complexity index is 537. The molecule has 1 aliphatic heterocycles. The molecular weight excluding hydrogens is 280 g/mol. The number of hydrogen-bond donors (Lipinski definition) is 1. The first kappa shape index (κ1) is 15.0. The summed E-state index contributed by atoms with van der Waals surface area (Å²) in [6.07, 6.45) is 1.93. The van der Waals surface area contributed by atoms with Gasteiger partial charge in [0.1, 0.15) is 4.21 Å². The van der Waals surface area contributed by atoms with E-state index in [0.29, 0.717) is 10.8 Å². The zero-order valence-electron chi connectivity index (χ0n) is 11.8. The SMILES string of the molecule is CCNCc1sc(S(=O)(=O)N2CCCC2C)cc1C. The number of hydrogen-bond acceptors (Lipinski definition) is 4. The molecule has 19 heavy (non-hydrogen) atoms. The van der Waals surface area contributed by atoms with Gasteiger partial charge in [0.25, 0.3) is 10.0 Å². The van der Waals surface area contributed by atoms with Gasteiger partial charge in [0.05, 0.1) is 0 Å². The van der Waals surface area contributed by atoms with Crippen molar-refractivity contribution in [2.45, 2.75) is 50.4 Å². The van der Waals surface area contributed by atoms with Gasteiger partial charge in [-0.15, -0.1) is 11.3 Å². The van der Waals surface area contributed by atoms with E-state index in [4.69, 9.17) is 0 Å². The molecule has 6 heteroatoms. The van der Waals surface area contributed by atoms with Gasteiger partial charge in [0.15, 0.2) is 0 Å². The molecule has 1 saturated heterocycles. The van der Waals surface area contributed by atoms with Crippen molar-refractivity contribution in [1.82, 2.24) is 9.62 Å². The fraction of sp³-hybridized carbons (Fsp3) is 0.692. The van der Waals surface area contributed by atoms with E-state index in [0.717, 1.165) is 36.4 Å². The van der Waals surface area contributed by atoms with Crippen molar-refractivity contribution in [3.8, 4) is 0 Å². The fourth-order valence-corrected chi connectivity index (χ4v) is 5.80. The lowest BCUT2D eigenvalue weighted by atomic mass is 10.3. The average molecular weight is 302 g/mol. The lowest BCUT2D eigenvalue weighted by molar-refractivity contribution is 0.409. The predicted octanol–water partition coefficient (Wildman–Crippen LogP) is 2.34. The Balaban J connectivity index is 2.26. The Labute approximate surface area is 119 Å². The van der Waals surface area contributed by atoms with E-state index in [-0.39, 0.29) is 6.04 Å². The molecule has 1 aliphatic rings. The summed E-state index contributed by atoms with van der Waals surface area (Å²) in [6.45, 7) is 8.32. The lowest BCUT2D eigenvalue weighted by Crippen LogP contribution is -2.33. The van der Waals surface area contributed by atoms with Crippen LogP contribution in [0.2, 0.25) is 0 Å². The van der Waals surface area contributed by atoms with E-state index < -0.39 is 10.0 Å². The number of thiophene rings is 1. The maximum atomic E-state index is 12.6. The summed E-state index contributed by atoms with van der Waals surface area (Å²) >= 11 is 1.40. The second kappa shape index (κ2) is 5.91. The summed E-state index contributed by atoms with van der Waals surface area (Å²) in [5.41, 5.74) is 1.07. The van der Waals surface area contributed by atoms with E-state index in [1.165, 1.54) is 11.3 Å². The molecule has 1 aromatic heterocycles. The van der Waals surface area contributed by atoms with Crippen LogP contribution in [0.15, 0.2) is 10.3 Å². The van der Waals surface area contributed by atoms with Gasteiger partial charge >= 0.3 is 0 Å². The number of rotatable bonds is 5. The Morgan fingerprint density at radius 1 is 1.53 bits per heavy atom. The van der Waals surface area contributed by atoms with Crippen molar-refractivity contribution in [2.24, 2.45) is 0 Å². The molecular formula is C13H22N2O2S2. The molecule has 1 unspecified atom stereocenters. The highest BCUT2D eigenvalue weighted by atomic mass is 32.2. The van der Waals surface area contributed by atoms with Crippen LogP contribution in [0.1, 0.15) is 37.1 Å². The standard InChI is InChI=1S/C13H22N2O2S2/c1-4-14-9-12-10(2)8-13(18-12)19(16,17)15-7-5-6-11(15)3/h8,11,14H,4-7,9H2,1-3H3. The van der Waals surface area contributed by atoms with Gasteiger partial charge < -0.3 is 5.32 Å². The number of nitrogens with zero attached hydrogens (tertiary/aromatic N) is 1. The van der Waals surface area contributed by atoms with Crippen LogP contribution in [0, 0.1) is 6.92 Å². The van der Waals surface area contributed by atoms with Crippen LogP contribution in [0.4, 0.5) is 0 Å². The van der Waals surface area contributed by atoms with Crippen LogP contribution in [0.25, 0.3) is 0 Å². The second-order valence-corrected chi connectivity index (χ2v) is 8.31. The highest BCUT2D eigenvalue weighted by molar-refractivity contribution is 7.91. The molecule has 108 valence electrons. The molecule has 0 bridgehead atoms. The first-order valence-corrected chi connectivity index (χ1v) is 9.04. The van der Waals surface area contributed by atoms with Crippen LogP contribution in [-0.2, 0) is 16.6 Å². The second-order valence-electron chi connectivity index (χ2n) is 5.06. The normalized spacial score (nSPS) is 21.1. The smallest absolute Gasteiger partial charge is 0.252 e. The van der Waals surface area contributed by atoms with Crippen LogP contribution < -0.4 is 5.32 Å². The first-order chi connectivity index (χ1) is 8.96. The molecule has 0 aromatic carbocycles. The lowest BCUT2D eigenvalue weighted by Gasteiger charge is -2.19. The Morgan fingerprint density at radius 2 is 2.26 bits per heavy atom. The molecule has 0 amide bonds. The summed E-state index contributed by atoms with van der Waals surface area (Å²) in [4.78, 5) is 1.12. The molecule has 0 spiro atoms. The average Bonchev–Trinajstić information content (AvgIpc) is 2.93. The van der Waals surface area contributed by atoms with E-state index in [1.807, 2.05) is 26.8 Å². The number of aryl methyl sites for hydroxylation is 1. The van der Waals surface area contributed by atoms with Crippen molar-refractivity contribution >= 4 is 21.4 Å². The van der Waals surface area contributed by atoms with Crippen molar-refractivity contribution in [2.75, 3.05) is 13.1 Å². The summed E-state index contributed by atoms with van der Waals surface area (Å²) < 4.78 is 27.3. The van der Waals surface area contributed by atoms with E-state index in [1.54, 1.807) is 4.31 Å². The molecule has 0 aliphatic carbocycles. The summed E-state index contributed by atoms with van der Waals surface area (Å²) in [7, 11) is -3.29. The summed E-state index contributed by atoms with van der Waals surface area (Å²) in [5.74, 6) is 0. The molecule has 0 saturated carbocycles. The monoisotopic (exact) mass is 302 g/mol. The third-order valence-electron chi connectivity index (χ3n) is 3.59. The van der Waals surface area contributed by atoms with Crippen LogP contribution in [0.3, 0.4) is 0 Å². The van der Waals surface area contributed by atoms with Crippen molar-refractivity contribution in [1.29, 1.82) is 0 Å². The van der Waals surface area contributed by atoms with Gasteiger partial charge in [-0.2, -0.15) is 4.31 Å². The van der Waals surface area contributed by atoms with Gasteiger partial charge in [0, 0.05) is 24.0 Å². The van der Waals surface area contributed by atoms with Gasteiger partial charge in [-0.1, -0.05) is 6.92 Å². The largest absolute Gasteiger partial charge is 0.312 e. The van der Waals surface area contributed by atoms with Crippen molar-refractivity contribution < 1.29 is 8.42 Å². The van der Waals surface area contributed by atoms with Gasteiger partial charge in [-0.25, -0.2) is 8.42 Å². The fourth-order valence-electron chi connectivity index (χ4n) is 2.41. The molecule has 0 radical (unpaired) electrons. The minimum absolute atomic E-state index is 0.129. The quantitative estimate of drug-likeness (QED) is 0.908. The van der Waals surface area contributed by atoms with Gasteiger partial charge in [0.2, 0.25) is 0 Å². The third-order valence-corrected chi connectivity index (χ3v) is 7.29. The Hall–Kier alpha value is -0.430. The molecule has 1 atom stereocenters. The summed E-state index contributed by atoms with van der Waals surface area (Å²) in [5, 5.41) is 3.25. The number of nitrogens with one attached hydrogen (secondary N) is 1. The number of sulfonamides is 1.